The predicted molar refractivity (Wildman–Crippen MR) is 60.0 cm³/mol. The molecule has 1 rings (SSSR count). The number of benzene rings is 1. The van der Waals surface area contributed by atoms with Crippen molar-refractivity contribution in [2.24, 2.45) is 0 Å². The van der Waals surface area contributed by atoms with Crippen LogP contribution in [0.1, 0.15) is 29.8 Å². The lowest BCUT2D eigenvalue weighted by molar-refractivity contribution is 0.101. The Labute approximate surface area is 96.8 Å². The van der Waals surface area contributed by atoms with Crippen molar-refractivity contribution in [2.75, 3.05) is 6.61 Å². The third-order valence-corrected chi connectivity index (χ3v) is 2.43. The molecule has 0 N–H and O–H groups in total. The highest BCUT2D eigenvalue weighted by atomic mass is 79.9. The smallest absolute Gasteiger partial charge is 0.163 e. The second-order valence-corrected chi connectivity index (χ2v) is 3.79. The lowest BCUT2D eigenvalue weighted by atomic mass is 10.1. The van der Waals surface area contributed by atoms with Crippen molar-refractivity contribution in [3.63, 3.8) is 0 Å². The van der Waals surface area contributed by atoms with Crippen LogP contribution in [-0.2, 0) is 0 Å². The highest BCUT2D eigenvalue weighted by Gasteiger charge is 2.13. The third-order valence-electron chi connectivity index (χ3n) is 1.84. The van der Waals surface area contributed by atoms with Gasteiger partial charge in [-0.2, -0.15) is 5.26 Å². The molecule has 0 saturated heterocycles. The quantitative estimate of drug-likeness (QED) is 0.792. The maximum atomic E-state index is 11.4. The molecule has 0 amide bonds. The van der Waals surface area contributed by atoms with Gasteiger partial charge in [0.15, 0.2) is 5.78 Å². The number of halogens is 1. The van der Waals surface area contributed by atoms with Crippen LogP contribution in [-0.4, -0.2) is 12.4 Å². The normalized spacial score (nSPS) is 9.47. The minimum Gasteiger partial charge on any atom is -0.492 e. The van der Waals surface area contributed by atoms with Crippen molar-refractivity contribution in [3.05, 3.63) is 27.7 Å². The molecule has 78 valence electrons. The van der Waals surface area contributed by atoms with E-state index in [2.05, 4.69) is 15.9 Å². The Bertz CT molecular complexity index is 435. The first kappa shape index (κ1) is 11.7. The van der Waals surface area contributed by atoms with E-state index < -0.39 is 0 Å². The van der Waals surface area contributed by atoms with E-state index in [0.717, 1.165) is 0 Å². The molecule has 0 radical (unpaired) electrons. The van der Waals surface area contributed by atoms with Gasteiger partial charge in [-0.3, -0.25) is 4.79 Å². The second-order valence-electron chi connectivity index (χ2n) is 2.94. The van der Waals surface area contributed by atoms with E-state index in [0.29, 0.717) is 28.0 Å². The molecule has 0 heterocycles. The summed E-state index contributed by atoms with van der Waals surface area (Å²) >= 11 is 3.28. The van der Waals surface area contributed by atoms with E-state index in [1.54, 1.807) is 6.07 Å². The predicted octanol–water partition coefficient (Wildman–Crippen LogP) is 2.92. The molecule has 4 heteroatoms. The molecule has 0 aliphatic heterocycles. The summed E-state index contributed by atoms with van der Waals surface area (Å²) in [5, 5.41) is 8.77. The maximum Gasteiger partial charge on any atom is 0.163 e. The first-order valence-electron chi connectivity index (χ1n) is 4.47. The zero-order chi connectivity index (χ0) is 11.4. The number of nitrogens with zero attached hydrogens (tertiary/aromatic N) is 1. The second kappa shape index (κ2) is 4.94. The Morgan fingerprint density at radius 3 is 2.73 bits per heavy atom. The zero-order valence-corrected chi connectivity index (χ0v) is 10.1. The highest BCUT2D eigenvalue weighted by molar-refractivity contribution is 9.10. The van der Waals surface area contributed by atoms with Gasteiger partial charge < -0.3 is 4.74 Å². The number of ketones is 1. The molecular weight excluding hydrogens is 258 g/mol. The standard InChI is InChI=1S/C11H10BrNO2/c1-3-15-11-9(7(2)14)4-8(6-13)5-10(11)12/h4-5H,3H2,1-2H3. The van der Waals surface area contributed by atoms with Crippen molar-refractivity contribution in [1.29, 1.82) is 5.26 Å². The Morgan fingerprint density at radius 2 is 2.27 bits per heavy atom. The number of carbonyl (C=O) groups is 1. The van der Waals surface area contributed by atoms with Gasteiger partial charge in [-0.05, 0) is 41.9 Å². The van der Waals surface area contributed by atoms with E-state index in [-0.39, 0.29) is 5.78 Å². The fraction of sp³-hybridized carbons (Fsp3) is 0.273. The van der Waals surface area contributed by atoms with Crippen LogP contribution in [0.5, 0.6) is 5.75 Å². The average Bonchev–Trinajstić information content (AvgIpc) is 2.20. The Balaban J connectivity index is 3.37. The van der Waals surface area contributed by atoms with Gasteiger partial charge in [-0.15, -0.1) is 0 Å². The number of ether oxygens (including phenoxy) is 1. The highest BCUT2D eigenvalue weighted by Crippen LogP contribution is 2.31. The summed E-state index contributed by atoms with van der Waals surface area (Å²) in [6.45, 7) is 3.77. The van der Waals surface area contributed by atoms with Gasteiger partial charge in [-0.1, -0.05) is 0 Å². The van der Waals surface area contributed by atoms with Gasteiger partial charge in [0.25, 0.3) is 0 Å². The van der Waals surface area contributed by atoms with Crippen LogP contribution in [0.3, 0.4) is 0 Å². The summed E-state index contributed by atoms with van der Waals surface area (Å²) in [6, 6.07) is 5.17. The monoisotopic (exact) mass is 267 g/mol. The lowest BCUT2D eigenvalue weighted by Gasteiger charge is -2.10. The van der Waals surface area contributed by atoms with Crippen molar-refractivity contribution < 1.29 is 9.53 Å². The van der Waals surface area contributed by atoms with Crippen LogP contribution in [0.4, 0.5) is 0 Å². The maximum absolute atomic E-state index is 11.4. The summed E-state index contributed by atoms with van der Waals surface area (Å²) in [4.78, 5) is 11.4. The van der Waals surface area contributed by atoms with Crippen LogP contribution in [0.15, 0.2) is 16.6 Å². The molecule has 0 fully saturated rings. The number of nitriles is 1. The molecule has 0 bridgehead atoms. The molecule has 0 aliphatic carbocycles. The van der Waals surface area contributed by atoms with E-state index in [1.807, 2.05) is 13.0 Å². The van der Waals surface area contributed by atoms with Gasteiger partial charge in [0.1, 0.15) is 5.75 Å². The van der Waals surface area contributed by atoms with Crippen LogP contribution < -0.4 is 4.74 Å². The van der Waals surface area contributed by atoms with Gasteiger partial charge in [0.2, 0.25) is 0 Å². The molecule has 3 nitrogen and oxygen atoms in total. The summed E-state index contributed by atoms with van der Waals surface area (Å²) in [5.74, 6) is 0.389. The molecule has 0 aromatic heterocycles. The molecule has 0 unspecified atom stereocenters. The van der Waals surface area contributed by atoms with Crippen molar-refractivity contribution in [3.8, 4) is 11.8 Å². The van der Waals surface area contributed by atoms with Crippen molar-refractivity contribution in [1.82, 2.24) is 0 Å². The molecule has 1 aromatic rings. The third kappa shape index (κ3) is 2.57. The van der Waals surface area contributed by atoms with Gasteiger partial charge in [-0.25, -0.2) is 0 Å². The number of hydrogen-bond donors (Lipinski definition) is 0. The van der Waals surface area contributed by atoms with Crippen LogP contribution in [0.2, 0.25) is 0 Å². The molecule has 0 saturated carbocycles. The molecular formula is C11H10BrNO2. The average molecular weight is 268 g/mol. The van der Waals surface area contributed by atoms with Crippen molar-refractivity contribution >= 4 is 21.7 Å². The summed E-state index contributed by atoms with van der Waals surface area (Å²) < 4.78 is 5.98. The first-order chi connectivity index (χ1) is 7.10. The van der Waals surface area contributed by atoms with E-state index in [4.69, 9.17) is 10.00 Å². The first-order valence-corrected chi connectivity index (χ1v) is 5.26. The zero-order valence-electron chi connectivity index (χ0n) is 8.50. The van der Waals surface area contributed by atoms with Crippen LogP contribution >= 0.6 is 15.9 Å². The largest absolute Gasteiger partial charge is 0.492 e. The van der Waals surface area contributed by atoms with Gasteiger partial charge in [0, 0.05) is 0 Å². The van der Waals surface area contributed by atoms with E-state index >= 15 is 0 Å². The fourth-order valence-electron chi connectivity index (χ4n) is 1.21. The summed E-state index contributed by atoms with van der Waals surface area (Å²) in [7, 11) is 0. The Kier molecular flexibility index (Phi) is 3.87. The topological polar surface area (TPSA) is 50.1 Å². The Morgan fingerprint density at radius 1 is 1.60 bits per heavy atom. The molecule has 1 aromatic carbocycles. The van der Waals surface area contributed by atoms with Crippen LogP contribution in [0, 0.1) is 11.3 Å². The molecule has 0 atom stereocenters. The van der Waals surface area contributed by atoms with E-state index in [9.17, 15) is 4.79 Å². The molecule has 15 heavy (non-hydrogen) atoms. The number of hydrogen-bond acceptors (Lipinski definition) is 3. The minimum atomic E-state index is -0.115. The molecule has 0 spiro atoms. The number of Topliss-reactive ketones (excluding diaryl/α,β-unsaturated/α-hetero) is 1. The summed E-state index contributed by atoms with van der Waals surface area (Å²) in [6.07, 6.45) is 0. The number of carbonyl (C=O) groups excluding carboxylic acids is 1. The Hall–Kier alpha value is -1.34. The van der Waals surface area contributed by atoms with Gasteiger partial charge >= 0.3 is 0 Å². The van der Waals surface area contributed by atoms with Crippen molar-refractivity contribution in [2.45, 2.75) is 13.8 Å². The van der Waals surface area contributed by atoms with Gasteiger partial charge in [0.05, 0.1) is 28.3 Å². The summed E-state index contributed by atoms with van der Waals surface area (Å²) in [5.41, 5.74) is 0.873. The number of rotatable bonds is 3. The van der Waals surface area contributed by atoms with Crippen LogP contribution in [0.25, 0.3) is 0 Å². The van der Waals surface area contributed by atoms with E-state index in [1.165, 1.54) is 13.0 Å². The minimum absolute atomic E-state index is 0.115. The fourth-order valence-corrected chi connectivity index (χ4v) is 1.79. The SMILES string of the molecule is CCOc1c(Br)cc(C#N)cc1C(C)=O. The lowest BCUT2D eigenvalue weighted by Crippen LogP contribution is -2.02. The molecule has 0 aliphatic rings.